The number of nitrogens with zero attached hydrogens (tertiary/aromatic N) is 3. The number of carbonyl (C=O) groups excluding carboxylic acids is 1. The summed E-state index contributed by atoms with van der Waals surface area (Å²) in [5.41, 5.74) is 2.61. The molecule has 1 aliphatic heterocycles. The normalized spacial score (nSPS) is 15.5. The quantitative estimate of drug-likeness (QED) is 0.839. The first kappa shape index (κ1) is 19.1. The summed E-state index contributed by atoms with van der Waals surface area (Å²) in [6, 6.07) is 5.69. The van der Waals surface area contributed by atoms with Gasteiger partial charge >= 0.3 is 0 Å². The van der Waals surface area contributed by atoms with Crippen LogP contribution in [-0.2, 0) is 11.2 Å². The van der Waals surface area contributed by atoms with Crippen molar-refractivity contribution in [2.75, 3.05) is 43.4 Å². The monoisotopic (exact) mass is 392 g/mol. The molecule has 1 aromatic heterocycles. The average molecular weight is 393 g/mol. The molecule has 1 fully saturated rings. The molecule has 0 radical (unpaired) electrons. The number of piperazine rings is 1. The second-order valence-corrected chi connectivity index (χ2v) is 8.33. The number of amides is 1. The third-order valence-electron chi connectivity index (χ3n) is 4.48. The van der Waals surface area contributed by atoms with Gasteiger partial charge in [0.05, 0.1) is 28.5 Å². The second kappa shape index (κ2) is 8.37. The number of rotatable bonds is 5. The van der Waals surface area contributed by atoms with Crippen molar-refractivity contribution in [3.8, 4) is 0 Å². The molecule has 0 aliphatic carbocycles. The molecular weight excluding hydrogens is 368 g/mol. The highest BCUT2D eigenvalue weighted by Gasteiger charge is 2.19. The SMILES string of the molecule is CC(C)c1nc(CC(=O)Nc2cc(Cl)ccc2N2CCN(C)CC2)cs1. The fourth-order valence-electron chi connectivity index (χ4n) is 2.96. The lowest BCUT2D eigenvalue weighted by atomic mass is 10.2. The number of likely N-dealkylation sites (N-methyl/N-ethyl adjacent to an activating group) is 1. The van der Waals surface area contributed by atoms with Gasteiger partial charge in [-0.15, -0.1) is 11.3 Å². The molecule has 1 N–H and O–H groups in total. The Morgan fingerprint density at radius 1 is 1.31 bits per heavy atom. The molecule has 0 atom stereocenters. The minimum absolute atomic E-state index is 0.0664. The smallest absolute Gasteiger partial charge is 0.230 e. The van der Waals surface area contributed by atoms with E-state index in [9.17, 15) is 4.79 Å². The summed E-state index contributed by atoms with van der Waals surface area (Å²) in [4.78, 5) is 21.7. The van der Waals surface area contributed by atoms with Crippen molar-refractivity contribution in [2.24, 2.45) is 0 Å². The van der Waals surface area contributed by atoms with Crippen LogP contribution in [0.25, 0.3) is 0 Å². The van der Waals surface area contributed by atoms with E-state index in [1.165, 1.54) is 0 Å². The molecule has 2 heterocycles. The Kier molecular flexibility index (Phi) is 6.16. The lowest BCUT2D eigenvalue weighted by Gasteiger charge is -2.35. The van der Waals surface area contributed by atoms with E-state index >= 15 is 0 Å². The molecule has 140 valence electrons. The Labute approximate surface area is 164 Å². The molecule has 0 saturated carbocycles. The molecule has 1 saturated heterocycles. The molecule has 1 aromatic carbocycles. The first-order valence-corrected chi connectivity index (χ1v) is 10.2. The number of nitrogens with one attached hydrogen (secondary N) is 1. The first-order chi connectivity index (χ1) is 12.4. The fraction of sp³-hybridized carbons (Fsp3) is 0.474. The van der Waals surface area contributed by atoms with E-state index in [0.717, 1.165) is 48.3 Å². The zero-order valence-electron chi connectivity index (χ0n) is 15.5. The van der Waals surface area contributed by atoms with Crippen molar-refractivity contribution >= 4 is 40.2 Å². The van der Waals surface area contributed by atoms with Crippen molar-refractivity contribution < 1.29 is 4.79 Å². The molecule has 5 nitrogen and oxygen atoms in total. The van der Waals surface area contributed by atoms with Gasteiger partial charge in [0.1, 0.15) is 0 Å². The number of halogens is 1. The van der Waals surface area contributed by atoms with Crippen molar-refractivity contribution in [3.63, 3.8) is 0 Å². The molecule has 1 amide bonds. The van der Waals surface area contributed by atoms with Crippen LogP contribution in [-0.4, -0.2) is 49.0 Å². The number of hydrogen-bond acceptors (Lipinski definition) is 5. The van der Waals surface area contributed by atoms with Crippen molar-refractivity contribution in [2.45, 2.75) is 26.2 Å². The number of thiazole rings is 1. The number of carbonyl (C=O) groups is 1. The highest BCUT2D eigenvalue weighted by molar-refractivity contribution is 7.09. The van der Waals surface area contributed by atoms with Crippen LogP contribution in [0.2, 0.25) is 5.02 Å². The fourth-order valence-corrected chi connectivity index (χ4v) is 3.97. The van der Waals surface area contributed by atoms with Gasteiger partial charge in [-0.05, 0) is 25.2 Å². The molecule has 1 aliphatic rings. The van der Waals surface area contributed by atoms with Crippen LogP contribution in [0.5, 0.6) is 0 Å². The van der Waals surface area contributed by atoms with Crippen LogP contribution in [0.1, 0.15) is 30.5 Å². The van der Waals surface area contributed by atoms with Crippen LogP contribution in [0.3, 0.4) is 0 Å². The molecule has 2 aromatic rings. The van der Waals surface area contributed by atoms with Crippen LogP contribution in [0.15, 0.2) is 23.6 Å². The largest absolute Gasteiger partial charge is 0.367 e. The minimum Gasteiger partial charge on any atom is -0.367 e. The molecule has 3 rings (SSSR count). The summed E-state index contributed by atoms with van der Waals surface area (Å²) in [6.07, 6.45) is 0.276. The van der Waals surface area contributed by atoms with Crippen LogP contribution in [0.4, 0.5) is 11.4 Å². The summed E-state index contributed by atoms with van der Waals surface area (Å²) < 4.78 is 0. The van der Waals surface area contributed by atoms with Crippen molar-refractivity contribution in [3.05, 3.63) is 39.3 Å². The van der Waals surface area contributed by atoms with E-state index < -0.39 is 0 Å². The Balaban J connectivity index is 1.71. The number of benzene rings is 1. The highest BCUT2D eigenvalue weighted by Crippen LogP contribution is 2.30. The third-order valence-corrected chi connectivity index (χ3v) is 5.91. The molecule has 0 bridgehead atoms. The maximum atomic E-state index is 12.5. The van der Waals surface area contributed by atoms with Gasteiger partial charge in [-0.25, -0.2) is 4.98 Å². The lowest BCUT2D eigenvalue weighted by Crippen LogP contribution is -2.44. The highest BCUT2D eigenvalue weighted by atomic mass is 35.5. The lowest BCUT2D eigenvalue weighted by molar-refractivity contribution is -0.115. The van der Waals surface area contributed by atoms with E-state index in [2.05, 4.69) is 41.0 Å². The van der Waals surface area contributed by atoms with Gasteiger partial charge in [0.2, 0.25) is 5.91 Å². The zero-order chi connectivity index (χ0) is 18.7. The number of aromatic nitrogens is 1. The van der Waals surface area contributed by atoms with E-state index in [4.69, 9.17) is 11.6 Å². The summed E-state index contributed by atoms with van der Waals surface area (Å²) in [5, 5.41) is 6.68. The predicted octanol–water partition coefficient (Wildman–Crippen LogP) is 3.85. The van der Waals surface area contributed by atoms with Crippen LogP contribution < -0.4 is 10.2 Å². The molecule has 26 heavy (non-hydrogen) atoms. The molecule has 0 spiro atoms. The average Bonchev–Trinajstić information content (AvgIpc) is 3.05. The summed E-state index contributed by atoms with van der Waals surface area (Å²) in [7, 11) is 2.13. The summed E-state index contributed by atoms with van der Waals surface area (Å²) >= 11 is 7.78. The van der Waals surface area contributed by atoms with E-state index in [1.54, 1.807) is 11.3 Å². The van der Waals surface area contributed by atoms with E-state index in [0.29, 0.717) is 10.9 Å². The third kappa shape index (κ3) is 4.75. The maximum absolute atomic E-state index is 12.5. The molecule has 7 heteroatoms. The van der Waals surface area contributed by atoms with Gasteiger partial charge in [0.15, 0.2) is 0 Å². The Bertz CT molecular complexity index is 769. The van der Waals surface area contributed by atoms with Crippen LogP contribution >= 0.6 is 22.9 Å². The standard InChI is InChI=1S/C19H25ClN4OS/c1-13(2)19-21-15(12-26-19)11-18(25)22-16-10-14(20)4-5-17(16)24-8-6-23(3)7-9-24/h4-5,10,12-13H,6-9,11H2,1-3H3,(H,22,25). The van der Waals surface area contributed by atoms with Gasteiger partial charge in [0.25, 0.3) is 0 Å². The molecular formula is C19H25ClN4OS. The molecule has 0 unspecified atom stereocenters. The number of hydrogen-bond donors (Lipinski definition) is 1. The van der Waals surface area contributed by atoms with Crippen molar-refractivity contribution in [1.82, 2.24) is 9.88 Å². The maximum Gasteiger partial charge on any atom is 0.230 e. The Morgan fingerprint density at radius 3 is 2.69 bits per heavy atom. The van der Waals surface area contributed by atoms with Gasteiger partial charge in [-0.3, -0.25) is 4.79 Å². The Hall–Kier alpha value is -1.63. The predicted molar refractivity (Wildman–Crippen MR) is 110 cm³/mol. The number of anilines is 2. The van der Waals surface area contributed by atoms with E-state index in [1.807, 2.05) is 23.6 Å². The van der Waals surface area contributed by atoms with E-state index in [-0.39, 0.29) is 12.3 Å². The zero-order valence-corrected chi connectivity index (χ0v) is 17.0. The second-order valence-electron chi connectivity index (χ2n) is 7.01. The Morgan fingerprint density at radius 2 is 2.04 bits per heavy atom. The summed E-state index contributed by atoms with van der Waals surface area (Å²) in [5.74, 6) is 0.317. The minimum atomic E-state index is -0.0664. The van der Waals surface area contributed by atoms with Gasteiger partial charge in [-0.2, -0.15) is 0 Å². The van der Waals surface area contributed by atoms with Gasteiger partial charge in [-0.1, -0.05) is 25.4 Å². The van der Waals surface area contributed by atoms with Crippen LogP contribution in [0, 0.1) is 0 Å². The first-order valence-electron chi connectivity index (χ1n) is 8.89. The summed E-state index contributed by atoms with van der Waals surface area (Å²) in [6.45, 7) is 8.10. The topological polar surface area (TPSA) is 48.5 Å². The van der Waals surface area contributed by atoms with Gasteiger partial charge in [0, 0.05) is 42.5 Å². The van der Waals surface area contributed by atoms with Gasteiger partial charge < -0.3 is 15.1 Å². The van der Waals surface area contributed by atoms with Crippen molar-refractivity contribution in [1.29, 1.82) is 0 Å².